The number of aromatic nitrogens is 2. The van der Waals surface area contributed by atoms with E-state index in [1.54, 1.807) is 18.2 Å². The third-order valence-electron chi connectivity index (χ3n) is 4.41. The molecule has 10 heteroatoms. The van der Waals surface area contributed by atoms with Crippen LogP contribution < -0.4 is 4.74 Å². The monoisotopic (exact) mass is 456 g/mol. The number of halogens is 3. The van der Waals surface area contributed by atoms with Crippen molar-refractivity contribution in [3.8, 4) is 22.7 Å². The minimum absolute atomic E-state index is 0.0901. The average Bonchev–Trinajstić information content (AvgIpc) is 3.18. The molecule has 0 saturated carbocycles. The van der Waals surface area contributed by atoms with Crippen LogP contribution in [0.2, 0.25) is 5.02 Å². The van der Waals surface area contributed by atoms with Crippen LogP contribution in [0.15, 0.2) is 53.4 Å². The highest BCUT2D eigenvalue weighted by Gasteiger charge is 2.20. The first-order chi connectivity index (χ1) is 14.3. The molecule has 1 heterocycles. The highest BCUT2D eigenvalue weighted by molar-refractivity contribution is 7.91. The van der Waals surface area contributed by atoms with E-state index >= 15 is 0 Å². The summed E-state index contributed by atoms with van der Waals surface area (Å²) in [6.07, 6.45) is -2.65. The number of hydrogen-bond donors (Lipinski definition) is 1. The molecular weight excluding hydrogens is 438 g/mol. The van der Waals surface area contributed by atoms with Gasteiger partial charge in [-0.3, -0.25) is 0 Å². The topological polar surface area (TPSA) is 81.4 Å². The number of hydrogen-bond acceptors (Lipinski definition) is 5. The predicted octanol–water partition coefficient (Wildman–Crippen LogP) is 4.30. The average molecular weight is 457 g/mol. The lowest BCUT2D eigenvalue weighted by Gasteiger charge is -2.11. The van der Waals surface area contributed by atoms with E-state index in [0.717, 1.165) is 0 Å². The first kappa shape index (κ1) is 22.2. The Balaban J connectivity index is 2.04. The van der Waals surface area contributed by atoms with Crippen LogP contribution in [-0.2, 0) is 9.84 Å². The lowest BCUT2D eigenvalue weighted by Crippen LogP contribution is -2.08. The van der Waals surface area contributed by atoms with Crippen molar-refractivity contribution in [2.24, 2.45) is 0 Å². The van der Waals surface area contributed by atoms with Gasteiger partial charge in [-0.25, -0.2) is 21.9 Å². The summed E-state index contributed by atoms with van der Waals surface area (Å²) >= 11 is 6.16. The van der Waals surface area contributed by atoms with E-state index < -0.39 is 22.0 Å². The summed E-state index contributed by atoms with van der Waals surface area (Å²) in [4.78, 5) is 0.0901. The van der Waals surface area contributed by atoms with Crippen molar-refractivity contribution in [2.45, 2.75) is 17.7 Å². The number of sulfone groups is 1. The molecule has 6 nitrogen and oxygen atoms in total. The molecule has 2 aromatic carbocycles. The van der Waals surface area contributed by atoms with Crippen molar-refractivity contribution >= 4 is 21.4 Å². The van der Waals surface area contributed by atoms with E-state index in [2.05, 4.69) is 5.10 Å². The summed E-state index contributed by atoms with van der Waals surface area (Å²) in [6, 6.07) is 11.9. The van der Waals surface area contributed by atoms with Crippen LogP contribution in [0.3, 0.4) is 0 Å². The van der Waals surface area contributed by atoms with Crippen LogP contribution in [0.1, 0.15) is 18.5 Å². The molecule has 160 valence electrons. The maximum atomic E-state index is 13.3. The highest BCUT2D eigenvalue weighted by atomic mass is 35.5. The fraction of sp³-hybridized carbons (Fsp3) is 0.250. The van der Waals surface area contributed by atoms with Crippen molar-refractivity contribution in [1.82, 2.24) is 9.78 Å². The second-order valence-electron chi connectivity index (χ2n) is 6.41. The first-order valence-electron chi connectivity index (χ1n) is 8.93. The minimum atomic E-state index is -3.54. The highest BCUT2D eigenvalue weighted by Crippen LogP contribution is 2.32. The minimum Gasteiger partial charge on any atom is -0.495 e. The molecule has 0 spiro atoms. The van der Waals surface area contributed by atoms with Gasteiger partial charge in [0.15, 0.2) is 9.84 Å². The normalized spacial score (nSPS) is 11.8. The van der Waals surface area contributed by atoms with Crippen molar-refractivity contribution < 1.29 is 27.0 Å². The molecule has 0 unspecified atom stereocenters. The standard InChI is InChI=1S/C20H19ClF2N2O4S/c1-29-19-8-5-14(11-16(19)21)25-18(12-17(24-25)20(22)23)13-3-6-15(7-4-13)30(27,28)10-2-9-26/h3-8,11-12,20,26H,2,9-10H2,1H3. The number of rotatable bonds is 8. The van der Waals surface area contributed by atoms with Gasteiger partial charge in [0.25, 0.3) is 6.43 Å². The van der Waals surface area contributed by atoms with Gasteiger partial charge in [-0.1, -0.05) is 23.7 Å². The number of alkyl halides is 2. The lowest BCUT2D eigenvalue weighted by molar-refractivity contribution is 0.145. The molecule has 30 heavy (non-hydrogen) atoms. The van der Waals surface area contributed by atoms with E-state index in [1.807, 2.05) is 0 Å². The molecule has 0 saturated heterocycles. The number of aliphatic hydroxyl groups is 1. The summed E-state index contributed by atoms with van der Waals surface area (Å²) in [5.41, 5.74) is 0.882. The molecule has 0 atom stereocenters. The van der Waals surface area contributed by atoms with Gasteiger partial charge in [0.2, 0.25) is 0 Å². The molecule has 0 aliphatic carbocycles. The van der Waals surface area contributed by atoms with Crippen LogP contribution >= 0.6 is 11.6 Å². The number of ether oxygens (including phenoxy) is 1. The second-order valence-corrected chi connectivity index (χ2v) is 8.92. The number of benzene rings is 2. The zero-order valence-electron chi connectivity index (χ0n) is 15.9. The van der Waals surface area contributed by atoms with Gasteiger partial charge in [0.1, 0.15) is 11.4 Å². The van der Waals surface area contributed by atoms with Crippen molar-refractivity contribution in [3.63, 3.8) is 0 Å². The molecule has 0 radical (unpaired) electrons. The number of nitrogens with zero attached hydrogens (tertiary/aromatic N) is 2. The number of methoxy groups -OCH3 is 1. The Hall–Kier alpha value is -2.49. The Morgan fingerprint density at radius 2 is 1.87 bits per heavy atom. The van der Waals surface area contributed by atoms with E-state index in [-0.39, 0.29) is 23.7 Å². The van der Waals surface area contributed by atoms with E-state index in [9.17, 15) is 17.2 Å². The molecule has 0 amide bonds. The van der Waals surface area contributed by atoms with Crippen molar-refractivity contribution in [1.29, 1.82) is 0 Å². The number of aliphatic hydroxyl groups excluding tert-OH is 1. The van der Waals surface area contributed by atoms with Gasteiger partial charge in [0.05, 0.1) is 34.2 Å². The Morgan fingerprint density at radius 1 is 1.17 bits per heavy atom. The predicted molar refractivity (Wildman–Crippen MR) is 109 cm³/mol. The molecule has 0 bridgehead atoms. The summed E-state index contributed by atoms with van der Waals surface area (Å²) < 4.78 is 57.6. The molecule has 1 N–H and O–H groups in total. The Morgan fingerprint density at radius 3 is 2.43 bits per heavy atom. The first-order valence-corrected chi connectivity index (χ1v) is 11.0. The van der Waals surface area contributed by atoms with Gasteiger partial charge >= 0.3 is 0 Å². The van der Waals surface area contributed by atoms with Crippen molar-refractivity contribution in [2.75, 3.05) is 19.5 Å². The smallest absolute Gasteiger partial charge is 0.282 e. The third kappa shape index (κ3) is 4.63. The van der Waals surface area contributed by atoms with Gasteiger partial charge in [-0.05, 0) is 42.8 Å². The third-order valence-corrected chi connectivity index (χ3v) is 6.52. The molecule has 3 aromatic rings. The van der Waals surface area contributed by atoms with E-state index in [1.165, 1.54) is 42.1 Å². The SMILES string of the molecule is COc1ccc(-n2nc(C(F)F)cc2-c2ccc(S(=O)(=O)CCCO)cc2)cc1Cl. The molecule has 0 aliphatic heterocycles. The fourth-order valence-corrected chi connectivity index (χ4v) is 4.45. The fourth-order valence-electron chi connectivity index (χ4n) is 2.90. The summed E-state index contributed by atoms with van der Waals surface area (Å²) in [5, 5.41) is 13.1. The van der Waals surface area contributed by atoms with Gasteiger partial charge in [0, 0.05) is 12.2 Å². The molecule has 1 aromatic heterocycles. The van der Waals surface area contributed by atoms with Crippen molar-refractivity contribution in [3.05, 3.63) is 59.2 Å². The van der Waals surface area contributed by atoms with Crippen LogP contribution in [0.4, 0.5) is 8.78 Å². The van der Waals surface area contributed by atoms with Gasteiger partial charge in [-0.2, -0.15) is 5.10 Å². The van der Waals surface area contributed by atoms with Gasteiger partial charge < -0.3 is 9.84 Å². The van der Waals surface area contributed by atoms with Crippen LogP contribution in [0, 0.1) is 0 Å². The molecular formula is C20H19ClF2N2O4S. The molecule has 0 fully saturated rings. The van der Waals surface area contributed by atoms with E-state index in [0.29, 0.717) is 27.7 Å². The largest absolute Gasteiger partial charge is 0.495 e. The Kier molecular flexibility index (Phi) is 6.74. The van der Waals surface area contributed by atoms with Crippen LogP contribution in [0.25, 0.3) is 16.9 Å². The molecule has 3 rings (SSSR count). The van der Waals surface area contributed by atoms with E-state index in [4.69, 9.17) is 21.4 Å². The zero-order chi connectivity index (χ0) is 21.9. The molecule has 0 aliphatic rings. The maximum absolute atomic E-state index is 13.3. The van der Waals surface area contributed by atoms with Crippen LogP contribution in [-0.4, -0.2) is 42.8 Å². The summed E-state index contributed by atoms with van der Waals surface area (Å²) in [5.74, 6) is 0.251. The summed E-state index contributed by atoms with van der Waals surface area (Å²) in [7, 11) is -2.08. The Bertz CT molecular complexity index is 1130. The zero-order valence-corrected chi connectivity index (χ0v) is 17.5. The lowest BCUT2D eigenvalue weighted by atomic mass is 10.1. The summed E-state index contributed by atoms with van der Waals surface area (Å²) in [6.45, 7) is -0.225. The maximum Gasteiger partial charge on any atom is 0.282 e. The Labute approximate surface area is 177 Å². The van der Waals surface area contributed by atoms with Gasteiger partial charge in [-0.15, -0.1) is 0 Å². The quantitative estimate of drug-likeness (QED) is 0.546. The second kappa shape index (κ2) is 9.11. The van der Waals surface area contributed by atoms with Crippen LogP contribution in [0.5, 0.6) is 5.75 Å².